The molecule has 0 spiro atoms. The van der Waals surface area contributed by atoms with Crippen LogP contribution in [-0.2, 0) is 0 Å². The number of rotatable bonds is 2. The van der Waals surface area contributed by atoms with Crippen molar-refractivity contribution in [1.29, 1.82) is 0 Å². The summed E-state index contributed by atoms with van der Waals surface area (Å²) in [5, 5.41) is 4.25. The van der Waals surface area contributed by atoms with Crippen molar-refractivity contribution in [2.75, 3.05) is 39.8 Å². The van der Waals surface area contributed by atoms with Crippen LogP contribution in [0.15, 0.2) is 0 Å². The van der Waals surface area contributed by atoms with Gasteiger partial charge in [-0.3, -0.25) is 0 Å². The molecule has 14 heavy (non-hydrogen) atoms. The van der Waals surface area contributed by atoms with Crippen LogP contribution in [0.25, 0.3) is 0 Å². The first kappa shape index (κ1) is 11.7. The largest absolute Gasteiger partial charge is 0.362 e. The molecule has 0 unspecified atom stereocenters. The summed E-state index contributed by atoms with van der Waals surface area (Å²) < 4.78 is 0. The van der Waals surface area contributed by atoms with Crippen LogP contribution in [0.1, 0.15) is 13.8 Å². The zero-order chi connectivity index (χ0) is 10.6. The van der Waals surface area contributed by atoms with E-state index in [-0.39, 0.29) is 0 Å². The molecule has 0 aliphatic carbocycles. The average molecular weight is 216 g/mol. The van der Waals surface area contributed by atoms with E-state index >= 15 is 0 Å². The molecule has 0 amide bonds. The number of hydrogen-bond donors (Lipinski definition) is 2. The first-order valence-electron chi connectivity index (χ1n) is 5.43. The van der Waals surface area contributed by atoms with E-state index in [2.05, 4.69) is 31.1 Å². The summed E-state index contributed by atoms with van der Waals surface area (Å²) in [6.07, 6.45) is 0. The quantitative estimate of drug-likeness (QED) is 0.598. The van der Waals surface area contributed by atoms with Crippen molar-refractivity contribution in [3.63, 3.8) is 0 Å². The molecule has 0 saturated carbocycles. The van der Waals surface area contributed by atoms with Crippen molar-refractivity contribution in [2.24, 2.45) is 5.92 Å². The van der Waals surface area contributed by atoms with Gasteiger partial charge in [-0.05, 0) is 18.1 Å². The fraction of sp³-hybridized carbons (Fsp3) is 0.900. The normalized spacial score (nSPS) is 18.7. The molecular formula is C10H22N3S+. The Morgan fingerprint density at radius 2 is 2.00 bits per heavy atom. The van der Waals surface area contributed by atoms with E-state index < -0.39 is 0 Å². The minimum atomic E-state index is 0.658. The summed E-state index contributed by atoms with van der Waals surface area (Å²) in [5.41, 5.74) is 0. The fourth-order valence-corrected chi connectivity index (χ4v) is 1.76. The van der Waals surface area contributed by atoms with Crippen molar-refractivity contribution in [3.8, 4) is 0 Å². The Bertz CT molecular complexity index is 186. The number of thiocarbonyl (C=S) groups is 1. The number of quaternary nitrogens is 1. The Balaban J connectivity index is 2.24. The van der Waals surface area contributed by atoms with Crippen LogP contribution < -0.4 is 10.2 Å². The van der Waals surface area contributed by atoms with Gasteiger partial charge in [-0.25, -0.2) is 0 Å². The summed E-state index contributed by atoms with van der Waals surface area (Å²) in [4.78, 5) is 3.89. The van der Waals surface area contributed by atoms with Gasteiger partial charge >= 0.3 is 0 Å². The monoisotopic (exact) mass is 216 g/mol. The zero-order valence-corrected chi connectivity index (χ0v) is 10.3. The Hall–Kier alpha value is -0.350. The molecule has 1 heterocycles. The summed E-state index contributed by atoms with van der Waals surface area (Å²) in [7, 11) is 2.24. The highest BCUT2D eigenvalue weighted by atomic mass is 32.1. The Morgan fingerprint density at radius 1 is 1.43 bits per heavy atom. The maximum Gasteiger partial charge on any atom is 0.169 e. The topological polar surface area (TPSA) is 19.7 Å². The molecule has 0 aromatic rings. The van der Waals surface area contributed by atoms with E-state index in [0.29, 0.717) is 5.92 Å². The number of nitrogens with zero attached hydrogens (tertiary/aromatic N) is 1. The van der Waals surface area contributed by atoms with E-state index in [4.69, 9.17) is 12.2 Å². The van der Waals surface area contributed by atoms with Gasteiger partial charge in [0, 0.05) is 6.54 Å². The molecule has 0 aromatic carbocycles. The average Bonchev–Trinajstić information content (AvgIpc) is 2.15. The second kappa shape index (κ2) is 5.51. The Kier molecular flexibility index (Phi) is 4.62. The van der Waals surface area contributed by atoms with Crippen LogP contribution in [0, 0.1) is 5.92 Å². The van der Waals surface area contributed by atoms with Gasteiger partial charge in [-0.1, -0.05) is 13.8 Å². The van der Waals surface area contributed by atoms with Gasteiger partial charge in [0.25, 0.3) is 0 Å². The number of likely N-dealkylation sites (N-methyl/N-ethyl adjacent to an activating group) is 1. The molecule has 1 aliphatic rings. The lowest BCUT2D eigenvalue weighted by atomic mass is 10.2. The Morgan fingerprint density at radius 3 is 2.50 bits per heavy atom. The molecule has 1 rings (SSSR count). The second-order valence-corrected chi connectivity index (χ2v) is 4.91. The highest BCUT2D eigenvalue weighted by Crippen LogP contribution is 1.93. The summed E-state index contributed by atoms with van der Waals surface area (Å²) in [6, 6.07) is 0. The Labute approximate surface area is 92.4 Å². The lowest BCUT2D eigenvalue weighted by Crippen LogP contribution is -3.12. The van der Waals surface area contributed by atoms with Gasteiger partial charge < -0.3 is 15.1 Å². The van der Waals surface area contributed by atoms with Crippen molar-refractivity contribution in [3.05, 3.63) is 0 Å². The predicted octanol–water partition coefficient (Wildman–Crippen LogP) is -0.653. The van der Waals surface area contributed by atoms with E-state index in [1.54, 1.807) is 4.90 Å². The molecule has 2 N–H and O–H groups in total. The summed E-state index contributed by atoms with van der Waals surface area (Å²) in [6.45, 7) is 9.96. The first-order chi connectivity index (χ1) is 6.59. The summed E-state index contributed by atoms with van der Waals surface area (Å²) >= 11 is 5.34. The zero-order valence-electron chi connectivity index (χ0n) is 9.47. The molecule has 1 fully saturated rings. The first-order valence-corrected chi connectivity index (χ1v) is 5.84. The van der Waals surface area contributed by atoms with Crippen LogP contribution in [-0.4, -0.2) is 49.8 Å². The van der Waals surface area contributed by atoms with Gasteiger partial charge in [0.15, 0.2) is 5.11 Å². The van der Waals surface area contributed by atoms with Crippen LogP contribution >= 0.6 is 12.2 Å². The standard InChI is InChI=1S/C10H21N3S/c1-9(2)8-11-10(14)13-6-4-12(3)5-7-13/h9H,4-8H2,1-3H3,(H,11,14)/p+1. The number of piperazine rings is 1. The van der Waals surface area contributed by atoms with Crippen LogP contribution in [0.4, 0.5) is 0 Å². The van der Waals surface area contributed by atoms with Crippen LogP contribution in [0.3, 0.4) is 0 Å². The van der Waals surface area contributed by atoms with Crippen LogP contribution in [0.5, 0.6) is 0 Å². The third-order valence-corrected chi connectivity index (χ3v) is 2.97. The molecular weight excluding hydrogens is 194 g/mol. The van der Waals surface area contributed by atoms with Gasteiger partial charge in [-0.15, -0.1) is 0 Å². The van der Waals surface area contributed by atoms with E-state index in [9.17, 15) is 0 Å². The molecule has 3 nitrogen and oxygen atoms in total. The molecule has 1 saturated heterocycles. The molecule has 0 atom stereocenters. The van der Waals surface area contributed by atoms with E-state index in [0.717, 1.165) is 24.7 Å². The third kappa shape index (κ3) is 3.80. The lowest BCUT2D eigenvalue weighted by Gasteiger charge is -2.32. The van der Waals surface area contributed by atoms with Gasteiger partial charge in [0.2, 0.25) is 0 Å². The summed E-state index contributed by atoms with van der Waals surface area (Å²) in [5.74, 6) is 0.658. The number of hydrogen-bond acceptors (Lipinski definition) is 1. The molecule has 0 aromatic heterocycles. The molecule has 0 bridgehead atoms. The van der Waals surface area contributed by atoms with Gasteiger partial charge in [-0.2, -0.15) is 0 Å². The maximum atomic E-state index is 5.34. The molecule has 1 aliphatic heterocycles. The van der Waals surface area contributed by atoms with Crippen molar-refractivity contribution >= 4 is 17.3 Å². The predicted molar refractivity (Wildman–Crippen MR) is 63.6 cm³/mol. The van der Waals surface area contributed by atoms with Crippen molar-refractivity contribution in [2.45, 2.75) is 13.8 Å². The smallest absolute Gasteiger partial charge is 0.169 e. The number of nitrogens with one attached hydrogen (secondary N) is 2. The molecule has 0 radical (unpaired) electrons. The van der Waals surface area contributed by atoms with Crippen molar-refractivity contribution in [1.82, 2.24) is 10.2 Å². The fourth-order valence-electron chi connectivity index (χ4n) is 1.49. The molecule has 4 heteroatoms. The molecule has 82 valence electrons. The lowest BCUT2D eigenvalue weighted by molar-refractivity contribution is -0.883. The van der Waals surface area contributed by atoms with Crippen LogP contribution in [0.2, 0.25) is 0 Å². The minimum absolute atomic E-state index is 0.658. The van der Waals surface area contributed by atoms with E-state index in [1.165, 1.54) is 13.1 Å². The van der Waals surface area contributed by atoms with Crippen molar-refractivity contribution < 1.29 is 4.90 Å². The maximum absolute atomic E-state index is 5.34. The highest BCUT2D eigenvalue weighted by Gasteiger charge is 2.18. The second-order valence-electron chi connectivity index (χ2n) is 4.52. The van der Waals surface area contributed by atoms with Gasteiger partial charge in [0.1, 0.15) is 0 Å². The van der Waals surface area contributed by atoms with E-state index in [1.807, 2.05) is 0 Å². The highest BCUT2D eigenvalue weighted by molar-refractivity contribution is 7.80. The third-order valence-electron chi connectivity index (χ3n) is 2.57. The SMILES string of the molecule is CC(C)CNC(=S)N1CC[NH+](C)CC1. The van der Waals surface area contributed by atoms with Gasteiger partial charge in [0.05, 0.1) is 33.2 Å². The minimum Gasteiger partial charge on any atom is -0.362 e.